The zero-order chi connectivity index (χ0) is 12.0. The summed E-state index contributed by atoms with van der Waals surface area (Å²) in [5.74, 6) is 0.907. The van der Waals surface area contributed by atoms with Gasteiger partial charge in [0, 0.05) is 12.6 Å². The van der Waals surface area contributed by atoms with E-state index in [0.29, 0.717) is 24.7 Å². The van der Waals surface area contributed by atoms with E-state index in [4.69, 9.17) is 9.63 Å². The van der Waals surface area contributed by atoms with Crippen LogP contribution < -0.4 is 5.32 Å². The second-order valence-electron chi connectivity index (χ2n) is 3.46. The van der Waals surface area contributed by atoms with Crippen LogP contribution in [0, 0.1) is 6.92 Å². The molecule has 0 aliphatic carbocycles. The third-order valence-corrected chi connectivity index (χ3v) is 2.13. The summed E-state index contributed by atoms with van der Waals surface area (Å²) in [6, 6.07) is 1.65. The Kier molecular flexibility index (Phi) is 4.94. The zero-order valence-electron chi connectivity index (χ0n) is 9.56. The molecule has 2 N–H and O–H groups in total. The lowest BCUT2D eigenvalue weighted by molar-refractivity contribution is -0.117. The van der Waals surface area contributed by atoms with Gasteiger partial charge in [0.15, 0.2) is 5.82 Å². The van der Waals surface area contributed by atoms with E-state index in [-0.39, 0.29) is 19.1 Å². The van der Waals surface area contributed by atoms with Gasteiger partial charge in [-0.3, -0.25) is 9.69 Å². The number of carbonyl (C=O) groups excluding carboxylic acids is 1. The minimum Gasteiger partial charge on any atom is -0.395 e. The number of anilines is 1. The number of aliphatic hydroxyl groups is 1. The van der Waals surface area contributed by atoms with Crippen molar-refractivity contribution in [2.45, 2.75) is 13.8 Å². The number of hydrogen-bond acceptors (Lipinski definition) is 5. The molecule has 0 atom stereocenters. The van der Waals surface area contributed by atoms with Crippen LogP contribution in [0.1, 0.15) is 12.7 Å². The number of aryl methyl sites for hydroxylation is 1. The summed E-state index contributed by atoms with van der Waals surface area (Å²) in [7, 11) is 0. The average Bonchev–Trinajstić information content (AvgIpc) is 2.63. The predicted molar refractivity (Wildman–Crippen MR) is 59.1 cm³/mol. The minimum atomic E-state index is -0.163. The van der Waals surface area contributed by atoms with Crippen LogP contribution in [-0.4, -0.2) is 47.3 Å². The third-order valence-electron chi connectivity index (χ3n) is 2.13. The molecule has 6 heteroatoms. The van der Waals surface area contributed by atoms with Crippen LogP contribution in [0.25, 0.3) is 0 Å². The molecule has 0 saturated heterocycles. The molecule has 0 radical (unpaired) electrons. The molecule has 0 aromatic carbocycles. The quantitative estimate of drug-likeness (QED) is 0.727. The Morgan fingerprint density at radius 3 is 2.94 bits per heavy atom. The first-order valence-corrected chi connectivity index (χ1v) is 5.22. The number of nitrogens with one attached hydrogen (secondary N) is 1. The maximum absolute atomic E-state index is 11.5. The van der Waals surface area contributed by atoms with Gasteiger partial charge in [-0.05, 0) is 13.5 Å². The lowest BCUT2D eigenvalue weighted by Crippen LogP contribution is -2.35. The van der Waals surface area contributed by atoms with Crippen LogP contribution in [0.15, 0.2) is 10.6 Å². The molecule has 1 amide bonds. The molecule has 6 nitrogen and oxygen atoms in total. The normalized spacial score (nSPS) is 10.8. The Hall–Kier alpha value is -1.40. The van der Waals surface area contributed by atoms with Gasteiger partial charge in [-0.2, -0.15) is 0 Å². The highest BCUT2D eigenvalue weighted by Crippen LogP contribution is 2.06. The van der Waals surface area contributed by atoms with Crippen LogP contribution >= 0.6 is 0 Å². The molecule has 1 aromatic heterocycles. The van der Waals surface area contributed by atoms with Crippen molar-refractivity contribution in [2.75, 3.05) is 31.6 Å². The molecule has 16 heavy (non-hydrogen) atoms. The van der Waals surface area contributed by atoms with Crippen molar-refractivity contribution in [1.82, 2.24) is 10.1 Å². The molecule has 0 fully saturated rings. The number of aliphatic hydroxyl groups excluding tert-OH is 1. The van der Waals surface area contributed by atoms with Gasteiger partial charge >= 0.3 is 0 Å². The molecular weight excluding hydrogens is 210 g/mol. The summed E-state index contributed by atoms with van der Waals surface area (Å²) >= 11 is 0. The van der Waals surface area contributed by atoms with E-state index >= 15 is 0 Å². The SMILES string of the molecule is CCN(CCO)CC(=O)Nc1cc(C)on1. The molecule has 0 spiro atoms. The number of nitrogens with zero attached hydrogens (tertiary/aromatic N) is 2. The maximum Gasteiger partial charge on any atom is 0.239 e. The Morgan fingerprint density at radius 2 is 2.44 bits per heavy atom. The number of amides is 1. The molecule has 0 saturated carbocycles. The number of rotatable bonds is 6. The Labute approximate surface area is 94.2 Å². The minimum absolute atomic E-state index is 0.0458. The van der Waals surface area contributed by atoms with Crippen molar-refractivity contribution in [1.29, 1.82) is 0 Å². The van der Waals surface area contributed by atoms with Gasteiger partial charge in [0.25, 0.3) is 0 Å². The second-order valence-corrected chi connectivity index (χ2v) is 3.46. The van der Waals surface area contributed by atoms with Gasteiger partial charge in [0.1, 0.15) is 5.76 Å². The van der Waals surface area contributed by atoms with Crippen LogP contribution in [0.2, 0.25) is 0 Å². The summed E-state index contributed by atoms with van der Waals surface area (Å²) in [4.78, 5) is 13.4. The Morgan fingerprint density at radius 1 is 1.69 bits per heavy atom. The lowest BCUT2D eigenvalue weighted by Gasteiger charge is -2.17. The molecule has 0 aliphatic rings. The monoisotopic (exact) mass is 227 g/mol. The number of aromatic nitrogens is 1. The van der Waals surface area contributed by atoms with Gasteiger partial charge < -0.3 is 14.9 Å². The number of likely N-dealkylation sites (N-methyl/N-ethyl adjacent to an activating group) is 1. The van der Waals surface area contributed by atoms with Gasteiger partial charge in [-0.1, -0.05) is 12.1 Å². The molecule has 0 aliphatic heterocycles. The van der Waals surface area contributed by atoms with Crippen molar-refractivity contribution < 1.29 is 14.4 Å². The Bertz CT molecular complexity index is 338. The van der Waals surface area contributed by atoms with Crippen molar-refractivity contribution >= 4 is 11.7 Å². The predicted octanol–water partition coefficient (Wildman–Crippen LogP) is 0.236. The van der Waals surface area contributed by atoms with E-state index < -0.39 is 0 Å². The highest BCUT2D eigenvalue weighted by atomic mass is 16.5. The summed E-state index contributed by atoms with van der Waals surface area (Å²) < 4.78 is 4.83. The summed E-state index contributed by atoms with van der Waals surface area (Å²) in [6.07, 6.45) is 0. The van der Waals surface area contributed by atoms with Crippen molar-refractivity contribution in [3.8, 4) is 0 Å². The van der Waals surface area contributed by atoms with Crippen LogP contribution in [0.4, 0.5) is 5.82 Å². The fourth-order valence-corrected chi connectivity index (χ4v) is 1.30. The highest BCUT2D eigenvalue weighted by molar-refractivity contribution is 5.91. The van der Waals surface area contributed by atoms with Crippen LogP contribution in [0.3, 0.4) is 0 Å². The average molecular weight is 227 g/mol. The first kappa shape index (κ1) is 12.7. The van der Waals surface area contributed by atoms with E-state index in [1.165, 1.54) is 0 Å². The second kappa shape index (κ2) is 6.24. The van der Waals surface area contributed by atoms with E-state index in [2.05, 4.69) is 10.5 Å². The summed E-state index contributed by atoms with van der Waals surface area (Å²) in [5.41, 5.74) is 0. The molecule has 0 bridgehead atoms. The maximum atomic E-state index is 11.5. The van der Waals surface area contributed by atoms with E-state index in [1.807, 2.05) is 11.8 Å². The molecule has 0 unspecified atom stereocenters. The molecule has 1 heterocycles. The number of hydrogen-bond donors (Lipinski definition) is 2. The lowest BCUT2D eigenvalue weighted by atomic mass is 10.4. The van der Waals surface area contributed by atoms with Gasteiger partial charge in [0.2, 0.25) is 5.91 Å². The molecule has 90 valence electrons. The van der Waals surface area contributed by atoms with Gasteiger partial charge in [-0.15, -0.1) is 0 Å². The smallest absolute Gasteiger partial charge is 0.239 e. The third kappa shape index (κ3) is 4.00. The zero-order valence-corrected chi connectivity index (χ0v) is 9.56. The van der Waals surface area contributed by atoms with Gasteiger partial charge in [0.05, 0.1) is 13.2 Å². The largest absolute Gasteiger partial charge is 0.395 e. The molecular formula is C10H17N3O3. The van der Waals surface area contributed by atoms with Crippen molar-refractivity contribution in [3.05, 3.63) is 11.8 Å². The fraction of sp³-hybridized carbons (Fsp3) is 0.600. The first-order valence-electron chi connectivity index (χ1n) is 5.22. The molecule has 1 aromatic rings. The van der Waals surface area contributed by atoms with Crippen molar-refractivity contribution in [3.63, 3.8) is 0 Å². The van der Waals surface area contributed by atoms with Crippen LogP contribution in [-0.2, 0) is 4.79 Å². The van der Waals surface area contributed by atoms with Crippen LogP contribution in [0.5, 0.6) is 0 Å². The summed E-state index contributed by atoms with van der Waals surface area (Å²) in [6.45, 7) is 5.18. The standard InChI is InChI=1S/C10H17N3O3/c1-3-13(4-5-14)7-10(15)11-9-6-8(2)16-12-9/h6,14H,3-5,7H2,1-2H3,(H,11,12,15). The van der Waals surface area contributed by atoms with E-state index in [0.717, 1.165) is 0 Å². The topological polar surface area (TPSA) is 78.6 Å². The van der Waals surface area contributed by atoms with E-state index in [1.54, 1.807) is 13.0 Å². The van der Waals surface area contributed by atoms with Crippen molar-refractivity contribution in [2.24, 2.45) is 0 Å². The van der Waals surface area contributed by atoms with Gasteiger partial charge in [-0.25, -0.2) is 0 Å². The number of carbonyl (C=O) groups is 1. The highest BCUT2D eigenvalue weighted by Gasteiger charge is 2.10. The fourth-order valence-electron chi connectivity index (χ4n) is 1.30. The Balaban J connectivity index is 2.40. The first-order chi connectivity index (χ1) is 7.65. The summed E-state index contributed by atoms with van der Waals surface area (Å²) in [5, 5.41) is 15.1. The van der Waals surface area contributed by atoms with E-state index in [9.17, 15) is 4.79 Å². The molecule has 1 rings (SSSR count).